The number of aryl methyl sites for hydroxylation is 1. The van der Waals surface area contributed by atoms with Crippen molar-refractivity contribution < 1.29 is 14.3 Å². The van der Waals surface area contributed by atoms with Crippen LogP contribution in [0, 0.1) is 0 Å². The average Bonchev–Trinajstić information content (AvgIpc) is 2.59. The van der Waals surface area contributed by atoms with Crippen molar-refractivity contribution in [1.82, 2.24) is 5.32 Å². The molecular formula is C20H23ClN2O3. The summed E-state index contributed by atoms with van der Waals surface area (Å²) in [6.45, 7) is 3.37. The summed E-state index contributed by atoms with van der Waals surface area (Å²) in [5.41, 5.74) is 2.62. The summed E-state index contributed by atoms with van der Waals surface area (Å²) in [7, 11) is 1.57. The number of methoxy groups -OCH3 is 1. The number of halogens is 1. The van der Waals surface area contributed by atoms with Gasteiger partial charge >= 0.3 is 0 Å². The van der Waals surface area contributed by atoms with Gasteiger partial charge in [-0.15, -0.1) is 0 Å². The highest BCUT2D eigenvalue weighted by Gasteiger charge is 2.11. The predicted octanol–water partition coefficient (Wildman–Crippen LogP) is 4.12. The highest BCUT2D eigenvalue weighted by atomic mass is 35.5. The van der Waals surface area contributed by atoms with E-state index in [9.17, 15) is 9.59 Å². The molecule has 138 valence electrons. The average molecular weight is 375 g/mol. The maximum absolute atomic E-state index is 12.2. The Kier molecular flexibility index (Phi) is 7.04. The van der Waals surface area contributed by atoms with Crippen LogP contribution in [0.1, 0.15) is 37.4 Å². The zero-order valence-corrected chi connectivity index (χ0v) is 15.9. The van der Waals surface area contributed by atoms with Crippen molar-refractivity contribution in [3.8, 4) is 5.75 Å². The molecule has 1 atom stereocenters. The van der Waals surface area contributed by atoms with E-state index in [4.69, 9.17) is 16.3 Å². The molecule has 5 nitrogen and oxygen atoms in total. The molecule has 0 aliphatic heterocycles. The zero-order valence-electron chi connectivity index (χ0n) is 15.1. The van der Waals surface area contributed by atoms with Crippen molar-refractivity contribution in [2.45, 2.75) is 32.7 Å². The molecular weight excluding hydrogens is 352 g/mol. The SMILES string of the molecule is COc1ccc(CCC(=O)NC(C)c2cccc(NC(C)=O)c2)cc1Cl. The van der Waals surface area contributed by atoms with E-state index in [1.165, 1.54) is 6.92 Å². The van der Waals surface area contributed by atoms with Gasteiger partial charge in [0, 0.05) is 19.0 Å². The Labute approximate surface area is 158 Å². The molecule has 0 saturated heterocycles. The highest BCUT2D eigenvalue weighted by molar-refractivity contribution is 6.32. The Balaban J connectivity index is 1.91. The number of ether oxygens (including phenoxy) is 1. The molecule has 26 heavy (non-hydrogen) atoms. The second-order valence-electron chi connectivity index (χ2n) is 6.06. The molecule has 6 heteroatoms. The summed E-state index contributed by atoms with van der Waals surface area (Å²) in [4.78, 5) is 23.4. The fourth-order valence-electron chi connectivity index (χ4n) is 2.61. The van der Waals surface area contributed by atoms with E-state index < -0.39 is 0 Å². The van der Waals surface area contributed by atoms with Gasteiger partial charge in [-0.05, 0) is 48.7 Å². The van der Waals surface area contributed by atoms with Crippen molar-refractivity contribution in [3.05, 3.63) is 58.6 Å². The van der Waals surface area contributed by atoms with Crippen LogP contribution in [-0.2, 0) is 16.0 Å². The minimum atomic E-state index is -0.157. The molecule has 0 saturated carbocycles. The molecule has 0 heterocycles. The lowest BCUT2D eigenvalue weighted by atomic mass is 10.1. The summed E-state index contributed by atoms with van der Waals surface area (Å²) >= 11 is 6.10. The molecule has 0 radical (unpaired) electrons. The fraction of sp³-hybridized carbons (Fsp3) is 0.300. The number of amides is 2. The van der Waals surface area contributed by atoms with Crippen LogP contribution in [0.5, 0.6) is 5.75 Å². The molecule has 0 aliphatic rings. The second kappa shape index (κ2) is 9.25. The Bertz CT molecular complexity index is 792. The van der Waals surface area contributed by atoms with Crippen LogP contribution in [0.25, 0.3) is 0 Å². The van der Waals surface area contributed by atoms with Crippen molar-refractivity contribution >= 4 is 29.1 Å². The van der Waals surface area contributed by atoms with E-state index in [1.54, 1.807) is 13.2 Å². The molecule has 2 aromatic rings. The van der Waals surface area contributed by atoms with E-state index in [-0.39, 0.29) is 17.9 Å². The van der Waals surface area contributed by atoms with Gasteiger partial charge in [0.25, 0.3) is 0 Å². The number of hydrogen-bond acceptors (Lipinski definition) is 3. The molecule has 1 unspecified atom stereocenters. The van der Waals surface area contributed by atoms with Crippen molar-refractivity contribution in [3.63, 3.8) is 0 Å². The Morgan fingerprint density at radius 1 is 1.19 bits per heavy atom. The van der Waals surface area contributed by atoms with Crippen molar-refractivity contribution in [2.75, 3.05) is 12.4 Å². The van der Waals surface area contributed by atoms with Gasteiger partial charge in [0.15, 0.2) is 0 Å². The van der Waals surface area contributed by atoms with Gasteiger partial charge in [-0.3, -0.25) is 9.59 Å². The molecule has 2 N–H and O–H groups in total. The standard InChI is InChI=1S/C20H23ClN2O3/c1-13(16-5-4-6-17(12-16)23-14(2)24)22-20(25)10-8-15-7-9-19(26-3)18(21)11-15/h4-7,9,11-13H,8,10H2,1-3H3,(H,22,25)(H,23,24). The van der Waals surface area contributed by atoms with Crippen LogP contribution < -0.4 is 15.4 Å². The van der Waals surface area contributed by atoms with Gasteiger partial charge in [-0.25, -0.2) is 0 Å². The lowest BCUT2D eigenvalue weighted by Crippen LogP contribution is -2.26. The van der Waals surface area contributed by atoms with Crippen molar-refractivity contribution in [1.29, 1.82) is 0 Å². The van der Waals surface area contributed by atoms with Gasteiger partial charge in [-0.2, -0.15) is 0 Å². The predicted molar refractivity (Wildman–Crippen MR) is 104 cm³/mol. The smallest absolute Gasteiger partial charge is 0.221 e. The molecule has 0 fully saturated rings. The summed E-state index contributed by atoms with van der Waals surface area (Å²) < 4.78 is 5.12. The van der Waals surface area contributed by atoms with Crippen LogP contribution >= 0.6 is 11.6 Å². The molecule has 0 bridgehead atoms. The monoisotopic (exact) mass is 374 g/mol. The van der Waals surface area contributed by atoms with Gasteiger partial charge in [-0.1, -0.05) is 29.8 Å². The molecule has 2 rings (SSSR count). The van der Waals surface area contributed by atoms with Crippen LogP contribution in [0.2, 0.25) is 5.02 Å². The minimum Gasteiger partial charge on any atom is -0.495 e. The molecule has 0 aliphatic carbocycles. The van der Waals surface area contributed by atoms with Gasteiger partial charge in [0.2, 0.25) is 11.8 Å². The maximum Gasteiger partial charge on any atom is 0.221 e. The summed E-state index contributed by atoms with van der Waals surface area (Å²) in [6.07, 6.45) is 0.951. The molecule has 0 aromatic heterocycles. The first-order chi connectivity index (χ1) is 12.4. The maximum atomic E-state index is 12.2. The third kappa shape index (κ3) is 5.77. The van der Waals surface area contributed by atoms with Crippen LogP contribution in [-0.4, -0.2) is 18.9 Å². The van der Waals surface area contributed by atoms with E-state index >= 15 is 0 Å². The Hall–Kier alpha value is -2.53. The van der Waals surface area contributed by atoms with Crippen LogP contribution in [0.4, 0.5) is 5.69 Å². The zero-order chi connectivity index (χ0) is 19.1. The van der Waals surface area contributed by atoms with E-state index in [0.29, 0.717) is 29.3 Å². The Morgan fingerprint density at radius 3 is 2.62 bits per heavy atom. The number of carbonyl (C=O) groups is 2. The van der Waals surface area contributed by atoms with E-state index in [1.807, 2.05) is 43.3 Å². The van der Waals surface area contributed by atoms with Gasteiger partial charge in [0.05, 0.1) is 18.2 Å². The largest absolute Gasteiger partial charge is 0.495 e. The fourth-order valence-corrected chi connectivity index (χ4v) is 2.89. The minimum absolute atomic E-state index is 0.0469. The number of nitrogens with one attached hydrogen (secondary N) is 2. The summed E-state index contributed by atoms with van der Waals surface area (Å²) in [5, 5.41) is 6.25. The third-order valence-electron chi connectivity index (χ3n) is 3.94. The lowest BCUT2D eigenvalue weighted by molar-refractivity contribution is -0.121. The number of benzene rings is 2. The third-order valence-corrected chi connectivity index (χ3v) is 4.24. The number of anilines is 1. The first-order valence-corrected chi connectivity index (χ1v) is 8.76. The number of hydrogen-bond donors (Lipinski definition) is 2. The van der Waals surface area contributed by atoms with Gasteiger partial charge < -0.3 is 15.4 Å². The van der Waals surface area contributed by atoms with Crippen LogP contribution in [0.15, 0.2) is 42.5 Å². The molecule has 0 spiro atoms. The summed E-state index contributed by atoms with van der Waals surface area (Å²) in [6, 6.07) is 12.8. The lowest BCUT2D eigenvalue weighted by Gasteiger charge is -2.15. The normalized spacial score (nSPS) is 11.5. The Morgan fingerprint density at radius 2 is 1.96 bits per heavy atom. The first-order valence-electron chi connectivity index (χ1n) is 8.38. The summed E-state index contributed by atoms with van der Waals surface area (Å²) in [5.74, 6) is 0.443. The van der Waals surface area contributed by atoms with Crippen LogP contribution in [0.3, 0.4) is 0 Å². The molecule has 2 aromatic carbocycles. The topological polar surface area (TPSA) is 67.4 Å². The van der Waals surface area contributed by atoms with Crippen molar-refractivity contribution in [2.24, 2.45) is 0 Å². The number of rotatable bonds is 7. The van der Waals surface area contributed by atoms with E-state index in [0.717, 1.165) is 11.1 Å². The first kappa shape index (κ1) is 19.8. The quantitative estimate of drug-likeness (QED) is 0.766. The van der Waals surface area contributed by atoms with Gasteiger partial charge in [0.1, 0.15) is 5.75 Å². The van der Waals surface area contributed by atoms with E-state index in [2.05, 4.69) is 10.6 Å². The molecule has 2 amide bonds. The number of carbonyl (C=O) groups excluding carboxylic acids is 2. The second-order valence-corrected chi connectivity index (χ2v) is 6.47. The highest BCUT2D eigenvalue weighted by Crippen LogP contribution is 2.25.